The van der Waals surface area contributed by atoms with Crippen LogP contribution < -0.4 is 0 Å². The van der Waals surface area contributed by atoms with E-state index in [2.05, 4.69) is 20.6 Å². The first-order valence-corrected chi connectivity index (χ1v) is 4.79. The van der Waals surface area contributed by atoms with Crippen molar-refractivity contribution < 1.29 is 5.11 Å². The minimum absolute atomic E-state index is 0.296. The Morgan fingerprint density at radius 2 is 2.07 bits per heavy atom. The number of aliphatic hydroxyl groups excluding tert-OH is 1. The molecule has 2 rings (SSSR count). The summed E-state index contributed by atoms with van der Waals surface area (Å²) >= 11 is 5.75. The SMILES string of the molecule is O[C@H](Cc1ccc(Cl)cc1)c1nn[nH]n1. The minimum Gasteiger partial charge on any atom is -0.385 e. The van der Waals surface area contributed by atoms with Crippen molar-refractivity contribution in [3.8, 4) is 0 Å². The summed E-state index contributed by atoms with van der Waals surface area (Å²) in [6.07, 6.45) is -0.304. The van der Waals surface area contributed by atoms with E-state index in [9.17, 15) is 5.11 Å². The Morgan fingerprint density at radius 3 is 2.67 bits per heavy atom. The summed E-state index contributed by atoms with van der Waals surface area (Å²) in [5.74, 6) is 0.296. The van der Waals surface area contributed by atoms with Gasteiger partial charge in [-0.1, -0.05) is 28.9 Å². The van der Waals surface area contributed by atoms with Gasteiger partial charge in [0.15, 0.2) is 0 Å². The summed E-state index contributed by atoms with van der Waals surface area (Å²) in [5.41, 5.74) is 0.969. The monoisotopic (exact) mass is 224 g/mol. The summed E-state index contributed by atoms with van der Waals surface area (Å²) in [6, 6.07) is 7.26. The molecule has 0 unspecified atom stereocenters. The molecule has 0 aliphatic heterocycles. The van der Waals surface area contributed by atoms with Crippen LogP contribution in [-0.2, 0) is 6.42 Å². The molecule has 0 amide bonds. The van der Waals surface area contributed by atoms with Crippen LogP contribution in [0.4, 0.5) is 0 Å². The third-order valence-corrected chi connectivity index (χ3v) is 2.25. The van der Waals surface area contributed by atoms with Gasteiger partial charge < -0.3 is 5.11 Å². The molecule has 0 aliphatic rings. The zero-order valence-corrected chi connectivity index (χ0v) is 8.52. The summed E-state index contributed by atoms with van der Waals surface area (Å²) in [4.78, 5) is 0. The minimum atomic E-state index is -0.745. The number of hydrogen-bond donors (Lipinski definition) is 2. The first-order chi connectivity index (χ1) is 7.25. The highest BCUT2D eigenvalue weighted by atomic mass is 35.5. The van der Waals surface area contributed by atoms with Crippen molar-refractivity contribution in [2.45, 2.75) is 12.5 Å². The van der Waals surface area contributed by atoms with Crippen molar-refractivity contribution in [2.75, 3.05) is 0 Å². The molecule has 1 heterocycles. The maximum atomic E-state index is 9.71. The zero-order chi connectivity index (χ0) is 10.7. The fourth-order valence-corrected chi connectivity index (χ4v) is 1.37. The summed E-state index contributed by atoms with van der Waals surface area (Å²) in [7, 11) is 0. The topological polar surface area (TPSA) is 74.7 Å². The molecule has 1 aromatic heterocycles. The molecular formula is C9H9ClN4O. The molecule has 1 aromatic carbocycles. The van der Waals surface area contributed by atoms with E-state index in [-0.39, 0.29) is 0 Å². The van der Waals surface area contributed by atoms with E-state index in [0.717, 1.165) is 5.56 Å². The van der Waals surface area contributed by atoms with Gasteiger partial charge in [0.25, 0.3) is 0 Å². The van der Waals surface area contributed by atoms with Gasteiger partial charge in [0.05, 0.1) is 0 Å². The van der Waals surface area contributed by atoms with Crippen LogP contribution in [0, 0.1) is 0 Å². The standard InChI is InChI=1S/C9H9ClN4O/c10-7-3-1-6(2-4-7)5-8(15)9-11-13-14-12-9/h1-4,8,15H,5H2,(H,11,12,13,14)/t8-/m1/s1. The maximum Gasteiger partial charge on any atom is 0.203 e. The molecule has 0 fully saturated rings. The van der Waals surface area contributed by atoms with E-state index in [4.69, 9.17) is 11.6 Å². The molecule has 2 aromatic rings. The van der Waals surface area contributed by atoms with Crippen molar-refractivity contribution in [3.63, 3.8) is 0 Å². The molecule has 78 valence electrons. The zero-order valence-electron chi connectivity index (χ0n) is 7.76. The number of halogens is 1. The number of aromatic amines is 1. The fourth-order valence-electron chi connectivity index (χ4n) is 1.25. The first-order valence-electron chi connectivity index (χ1n) is 4.41. The lowest BCUT2D eigenvalue weighted by atomic mass is 10.1. The number of benzene rings is 1. The van der Waals surface area contributed by atoms with Gasteiger partial charge in [-0.25, -0.2) is 0 Å². The number of aliphatic hydroxyl groups is 1. The highest BCUT2D eigenvalue weighted by Crippen LogP contribution is 2.16. The van der Waals surface area contributed by atoms with Crippen molar-refractivity contribution in [1.82, 2.24) is 20.6 Å². The molecule has 15 heavy (non-hydrogen) atoms. The van der Waals surface area contributed by atoms with Crippen molar-refractivity contribution >= 4 is 11.6 Å². The van der Waals surface area contributed by atoms with Gasteiger partial charge in [-0.15, -0.1) is 10.2 Å². The van der Waals surface area contributed by atoms with Gasteiger partial charge in [-0.2, -0.15) is 5.21 Å². The number of aromatic nitrogens is 4. The normalized spacial score (nSPS) is 12.7. The predicted octanol–water partition coefficient (Wildman–Crippen LogP) is 1.13. The third-order valence-electron chi connectivity index (χ3n) is 2.00. The molecule has 0 radical (unpaired) electrons. The number of hydrogen-bond acceptors (Lipinski definition) is 4. The van der Waals surface area contributed by atoms with Gasteiger partial charge in [-0.3, -0.25) is 0 Å². The Bertz CT molecular complexity index is 414. The van der Waals surface area contributed by atoms with Crippen LogP contribution in [0.3, 0.4) is 0 Å². The van der Waals surface area contributed by atoms with E-state index in [0.29, 0.717) is 17.3 Å². The van der Waals surface area contributed by atoms with Crippen LogP contribution >= 0.6 is 11.6 Å². The molecular weight excluding hydrogens is 216 g/mol. The van der Waals surface area contributed by atoms with Crippen LogP contribution in [0.25, 0.3) is 0 Å². The molecule has 5 nitrogen and oxygen atoms in total. The summed E-state index contributed by atoms with van der Waals surface area (Å²) < 4.78 is 0. The second kappa shape index (κ2) is 4.37. The van der Waals surface area contributed by atoms with Crippen LogP contribution in [0.2, 0.25) is 5.02 Å². The lowest BCUT2D eigenvalue weighted by Crippen LogP contribution is -2.03. The molecule has 2 N–H and O–H groups in total. The second-order valence-electron chi connectivity index (χ2n) is 3.12. The molecule has 0 spiro atoms. The molecule has 0 saturated carbocycles. The second-order valence-corrected chi connectivity index (χ2v) is 3.55. The number of nitrogens with one attached hydrogen (secondary N) is 1. The maximum absolute atomic E-state index is 9.71. The molecule has 0 aliphatic carbocycles. The lowest BCUT2D eigenvalue weighted by Gasteiger charge is -2.05. The van der Waals surface area contributed by atoms with E-state index in [1.54, 1.807) is 12.1 Å². The Kier molecular flexibility index (Phi) is 2.94. The largest absolute Gasteiger partial charge is 0.385 e. The number of nitrogens with zero attached hydrogens (tertiary/aromatic N) is 3. The van der Waals surface area contributed by atoms with Gasteiger partial charge >= 0.3 is 0 Å². The quantitative estimate of drug-likeness (QED) is 0.820. The Balaban J connectivity index is 2.06. The van der Waals surface area contributed by atoms with Crippen molar-refractivity contribution in [2.24, 2.45) is 0 Å². The van der Waals surface area contributed by atoms with Crippen LogP contribution in [0.5, 0.6) is 0 Å². The van der Waals surface area contributed by atoms with Crippen LogP contribution in [0.15, 0.2) is 24.3 Å². The van der Waals surface area contributed by atoms with Crippen molar-refractivity contribution in [1.29, 1.82) is 0 Å². The van der Waals surface area contributed by atoms with Gasteiger partial charge in [0.1, 0.15) is 6.10 Å². The van der Waals surface area contributed by atoms with E-state index in [1.165, 1.54) is 0 Å². The number of rotatable bonds is 3. The molecule has 0 saturated heterocycles. The first kappa shape index (κ1) is 10.1. The van der Waals surface area contributed by atoms with E-state index >= 15 is 0 Å². The molecule has 1 atom stereocenters. The highest BCUT2D eigenvalue weighted by Gasteiger charge is 2.12. The van der Waals surface area contributed by atoms with Gasteiger partial charge in [0, 0.05) is 11.4 Å². The lowest BCUT2D eigenvalue weighted by molar-refractivity contribution is 0.168. The fraction of sp³-hybridized carbons (Fsp3) is 0.222. The predicted molar refractivity (Wildman–Crippen MR) is 54.3 cm³/mol. The van der Waals surface area contributed by atoms with Crippen LogP contribution in [-0.4, -0.2) is 25.7 Å². The Hall–Kier alpha value is -1.46. The smallest absolute Gasteiger partial charge is 0.203 e. The summed E-state index contributed by atoms with van der Waals surface area (Å²) in [5, 5.41) is 23.5. The van der Waals surface area contributed by atoms with Gasteiger partial charge in [0.2, 0.25) is 5.82 Å². The molecule has 6 heteroatoms. The number of H-pyrrole nitrogens is 1. The third kappa shape index (κ3) is 2.51. The van der Waals surface area contributed by atoms with E-state index < -0.39 is 6.10 Å². The van der Waals surface area contributed by atoms with Crippen molar-refractivity contribution in [3.05, 3.63) is 40.7 Å². The van der Waals surface area contributed by atoms with E-state index in [1.807, 2.05) is 12.1 Å². The summed E-state index contributed by atoms with van der Waals surface area (Å²) in [6.45, 7) is 0. The Labute approximate surface area is 91.1 Å². The van der Waals surface area contributed by atoms with Gasteiger partial charge in [-0.05, 0) is 17.7 Å². The van der Waals surface area contributed by atoms with Crippen LogP contribution in [0.1, 0.15) is 17.5 Å². The Morgan fingerprint density at radius 1 is 1.33 bits per heavy atom. The average molecular weight is 225 g/mol. The highest BCUT2D eigenvalue weighted by molar-refractivity contribution is 6.30. The average Bonchev–Trinajstić information content (AvgIpc) is 2.74. The molecule has 0 bridgehead atoms. The number of tetrazole rings is 1.